The molecule has 2 aromatic rings. The highest BCUT2D eigenvalue weighted by atomic mass is 19.1. The fourth-order valence-corrected chi connectivity index (χ4v) is 1.68. The van der Waals surface area contributed by atoms with E-state index in [2.05, 4.69) is 15.3 Å². The fraction of sp³-hybridized carbons (Fsp3) is 0.333. The molecular formula is C12H15FN4. The average Bonchev–Trinajstić information content (AvgIpc) is 2.64. The molecule has 2 rings (SSSR count). The molecule has 0 amide bonds. The van der Waals surface area contributed by atoms with Gasteiger partial charge in [0, 0.05) is 24.0 Å². The molecular weight excluding hydrogens is 219 g/mol. The minimum absolute atomic E-state index is 0.302. The quantitative estimate of drug-likeness (QED) is 0.879. The van der Waals surface area contributed by atoms with Crippen molar-refractivity contribution in [2.45, 2.75) is 20.4 Å². The third-order valence-electron chi connectivity index (χ3n) is 2.80. The summed E-state index contributed by atoms with van der Waals surface area (Å²) in [5.74, 6) is -0.00167. The third kappa shape index (κ3) is 2.06. The van der Waals surface area contributed by atoms with Crippen molar-refractivity contribution in [1.82, 2.24) is 19.9 Å². The Labute approximate surface area is 99.5 Å². The maximum atomic E-state index is 14.2. The van der Waals surface area contributed by atoms with Crippen molar-refractivity contribution < 1.29 is 4.39 Å². The van der Waals surface area contributed by atoms with E-state index in [1.165, 1.54) is 0 Å². The Hall–Kier alpha value is -1.75. The molecule has 90 valence electrons. The zero-order valence-electron chi connectivity index (χ0n) is 10.2. The summed E-state index contributed by atoms with van der Waals surface area (Å²) >= 11 is 0. The number of aryl methyl sites for hydroxylation is 1. The molecule has 1 N–H and O–H groups in total. The standard InChI is InChI=1S/C12H15FN4/c1-8-9(2)17(7-16-8)12-11(13)10(6-14-3)4-5-15-12/h4-5,7,14H,6H2,1-3H3. The lowest BCUT2D eigenvalue weighted by molar-refractivity contribution is 0.583. The molecule has 0 saturated carbocycles. The van der Waals surface area contributed by atoms with Gasteiger partial charge < -0.3 is 5.32 Å². The van der Waals surface area contributed by atoms with Crippen LogP contribution < -0.4 is 5.32 Å². The van der Waals surface area contributed by atoms with Crippen LogP contribution in [0.4, 0.5) is 4.39 Å². The van der Waals surface area contributed by atoms with Crippen LogP contribution in [0.25, 0.3) is 5.82 Å². The number of rotatable bonds is 3. The number of hydrogen-bond acceptors (Lipinski definition) is 3. The van der Waals surface area contributed by atoms with Gasteiger partial charge in [-0.05, 0) is 27.0 Å². The first-order chi connectivity index (χ1) is 8.15. The van der Waals surface area contributed by atoms with Crippen LogP contribution in [0.1, 0.15) is 17.0 Å². The first kappa shape index (κ1) is 11.7. The number of aromatic nitrogens is 3. The highest BCUT2D eigenvalue weighted by Crippen LogP contribution is 2.17. The van der Waals surface area contributed by atoms with Crippen molar-refractivity contribution in [2.75, 3.05) is 7.05 Å². The van der Waals surface area contributed by atoms with Crippen LogP contribution in [0.15, 0.2) is 18.6 Å². The second-order valence-electron chi connectivity index (χ2n) is 3.92. The van der Waals surface area contributed by atoms with E-state index >= 15 is 0 Å². The summed E-state index contributed by atoms with van der Waals surface area (Å²) in [6.45, 7) is 4.27. The average molecular weight is 234 g/mol. The van der Waals surface area contributed by atoms with Crippen molar-refractivity contribution in [3.63, 3.8) is 0 Å². The minimum Gasteiger partial charge on any atom is -0.316 e. The largest absolute Gasteiger partial charge is 0.316 e. The zero-order valence-corrected chi connectivity index (χ0v) is 10.2. The van der Waals surface area contributed by atoms with Crippen molar-refractivity contribution in [3.8, 4) is 5.82 Å². The summed E-state index contributed by atoms with van der Waals surface area (Å²) in [6, 6.07) is 1.68. The van der Waals surface area contributed by atoms with Crippen LogP contribution in [0, 0.1) is 19.7 Å². The van der Waals surface area contributed by atoms with Gasteiger partial charge in [0.2, 0.25) is 0 Å². The molecule has 0 spiro atoms. The first-order valence-electron chi connectivity index (χ1n) is 5.44. The summed E-state index contributed by atoms with van der Waals surface area (Å²) in [7, 11) is 1.78. The van der Waals surface area contributed by atoms with E-state index in [4.69, 9.17) is 0 Å². The summed E-state index contributed by atoms with van der Waals surface area (Å²) < 4.78 is 15.9. The van der Waals surface area contributed by atoms with E-state index in [-0.39, 0.29) is 5.82 Å². The Balaban J connectivity index is 2.52. The molecule has 0 saturated heterocycles. The number of nitrogens with zero attached hydrogens (tertiary/aromatic N) is 3. The lowest BCUT2D eigenvalue weighted by Crippen LogP contribution is -2.10. The number of nitrogens with one attached hydrogen (secondary N) is 1. The summed E-state index contributed by atoms with van der Waals surface area (Å²) in [4.78, 5) is 8.24. The Morgan fingerprint density at radius 2 is 2.12 bits per heavy atom. The van der Waals surface area contributed by atoms with E-state index in [1.54, 1.807) is 30.2 Å². The molecule has 2 heterocycles. The van der Waals surface area contributed by atoms with Gasteiger partial charge in [0.15, 0.2) is 11.6 Å². The van der Waals surface area contributed by atoms with Gasteiger partial charge in [0.05, 0.1) is 5.69 Å². The smallest absolute Gasteiger partial charge is 0.174 e. The number of pyridine rings is 1. The van der Waals surface area contributed by atoms with Gasteiger partial charge in [0.25, 0.3) is 0 Å². The van der Waals surface area contributed by atoms with Gasteiger partial charge in [-0.1, -0.05) is 0 Å². The Bertz CT molecular complexity index is 533. The highest BCUT2D eigenvalue weighted by Gasteiger charge is 2.13. The molecule has 5 heteroatoms. The Morgan fingerprint density at radius 3 is 2.71 bits per heavy atom. The fourth-order valence-electron chi connectivity index (χ4n) is 1.68. The summed E-state index contributed by atoms with van der Waals surface area (Å²) in [6.07, 6.45) is 3.21. The molecule has 0 aliphatic carbocycles. The molecule has 0 aromatic carbocycles. The molecule has 4 nitrogen and oxygen atoms in total. The number of hydrogen-bond donors (Lipinski definition) is 1. The van der Waals surface area contributed by atoms with Crippen LogP contribution >= 0.6 is 0 Å². The van der Waals surface area contributed by atoms with Crippen LogP contribution in [-0.4, -0.2) is 21.6 Å². The molecule has 0 aliphatic heterocycles. The lowest BCUT2D eigenvalue weighted by atomic mass is 10.2. The third-order valence-corrected chi connectivity index (χ3v) is 2.80. The maximum absolute atomic E-state index is 14.2. The zero-order chi connectivity index (χ0) is 12.4. The summed E-state index contributed by atoms with van der Waals surface area (Å²) in [5.41, 5.74) is 2.38. The second kappa shape index (κ2) is 4.63. The molecule has 0 bridgehead atoms. The molecule has 0 atom stereocenters. The number of halogens is 1. The molecule has 0 fully saturated rings. The monoisotopic (exact) mass is 234 g/mol. The lowest BCUT2D eigenvalue weighted by Gasteiger charge is -2.09. The van der Waals surface area contributed by atoms with Crippen molar-refractivity contribution in [2.24, 2.45) is 0 Å². The molecule has 2 aromatic heterocycles. The molecule has 0 aliphatic rings. The Kier molecular flexibility index (Phi) is 3.19. The van der Waals surface area contributed by atoms with Gasteiger partial charge >= 0.3 is 0 Å². The predicted molar refractivity (Wildman–Crippen MR) is 63.6 cm³/mol. The van der Waals surface area contributed by atoms with Crippen LogP contribution in [0.3, 0.4) is 0 Å². The van der Waals surface area contributed by atoms with Gasteiger partial charge in [-0.25, -0.2) is 14.4 Å². The van der Waals surface area contributed by atoms with Gasteiger partial charge in [-0.15, -0.1) is 0 Å². The normalized spacial score (nSPS) is 10.8. The van der Waals surface area contributed by atoms with Crippen molar-refractivity contribution in [1.29, 1.82) is 0 Å². The van der Waals surface area contributed by atoms with E-state index in [1.807, 2.05) is 13.8 Å². The maximum Gasteiger partial charge on any atom is 0.174 e. The number of imidazole rings is 1. The molecule has 0 unspecified atom stereocenters. The van der Waals surface area contributed by atoms with E-state index in [0.29, 0.717) is 17.9 Å². The van der Waals surface area contributed by atoms with Gasteiger partial charge in [-0.2, -0.15) is 0 Å². The van der Waals surface area contributed by atoms with Crippen LogP contribution in [0.5, 0.6) is 0 Å². The van der Waals surface area contributed by atoms with E-state index in [0.717, 1.165) is 11.4 Å². The van der Waals surface area contributed by atoms with Crippen LogP contribution in [0.2, 0.25) is 0 Å². The SMILES string of the molecule is CNCc1ccnc(-n2cnc(C)c2C)c1F. The Morgan fingerprint density at radius 1 is 1.35 bits per heavy atom. The highest BCUT2D eigenvalue weighted by molar-refractivity contribution is 5.33. The van der Waals surface area contributed by atoms with E-state index < -0.39 is 0 Å². The first-order valence-corrected chi connectivity index (χ1v) is 5.44. The molecule has 0 radical (unpaired) electrons. The van der Waals surface area contributed by atoms with Gasteiger partial charge in [-0.3, -0.25) is 4.57 Å². The van der Waals surface area contributed by atoms with Crippen molar-refractivity contribution in [3.05, 3.63) is 41.4 Å². The minimum atomic E-state index is -0.303. The second-order valence-corrected chi connectivity index (χ2v) is 3.92. The summed E-state index contributed by atoms with van der Waals surface area (Å²) in [5, 5.41) is 2.93. The van der Waals surface area contributed by atoms with Crippen molar-refractivity contribution >= 4 is 0 Å². The van der Waals surface area contributed by atoms with E-state index in [9.17, 15) is 4.39 Å². The topological polar surface area (TPSA) is 42.7 Å². The predicted octanol–water partition coefficient (Wildman–Crippen LogP) is 1.74. The van der Waals surface area contributed by atoms with Crippen LogP contribution in [-0.2, 0) is 6.54 Å². The molecule has 17 heavy (non-hydrogen) atoms. The van der Waals surface area contributed by atoms with Gasteiger partial charge in [0.1, 0.15) is 6.33 Å².